The minimum absolute atomic E-state index is 0.331. The zero-order valence-electron chi connectivity index (χ0n) is 12.6. The van der Waals surface area contributed by atoms with Crippen molar-refractivity contribution in [1.29, 1.82) is 0 Å². The predicted molar refractivity (Wildman–Crippen MR) is 84.2 cm³/mol. The molecule has 0 aliphatic carbocycles. The number of rotatable bonds is 3. The van der Waals surface area contributed by atoms with Gasteiger partial charge in [0.15, 0.2) is 0 Å². The van der Waals surface area contributed by atoms with Crippen molar-refractivity contribution in [2.24, 2.45) is 7.05 Å². The summed E-state index contributed by atoms with van der Waals surface area (Å²) in [5.74, 6) is 1.59. The van der Waals surface area contributed by atoms with Crippen LogP contribution in [0.3, 0.4) is 0 Å². The van der Waals surface area contributed by atoms with Gasteiger partial charge in [-0.15, -0.1) is 0 Å². The van der Waals surface area contributed by atoms with Crippen LogP contribution in [0.1, 0.15) is 12.8 Å². The highest BCUT2D eigenvalue weighted by Crippen LogP contribution is 2.24. The lowest BCUT2D eigenvalue weighted by Gasteiger charge is -2.29. The minimum Gasteiger partial charge on any atom is -0.490 e. The number of aromatic nitrogens is 2. The molecule has 2 heterocycles. The second kappa shape index (κ2) is 5.77. The van der Waals surface area contributed by atoms with Gasteiger partial charge in [0.1, 0.15) is 17.7 Å². The third kappa shape index (κ3) is 3.19. The number of ether oxygens (including phenoxy) is 1. The number of piperidine rings is 1. The normalized spacial score (nSPS) is 17.0. The topological polar surface area (TPSA) is 56.3 Å². The van der Waals surface area contributed by atoms with Crippen molar-refractivity contribution in [3.8, 4) is 17.0 Å². The maximum absolute atomic E-state index is 6.05. The fourth-order valence-electron chi connectivity index (χ4n) is 2.62. The van der Waals surface area contributed by atoms with Gasteiger partial charge in [-0.3, -0.25) is 4.68 Å². The van der Waals surface area contributed by atoms with E-state index in [4.69, 9.17) is 10.5 Å². The van der Waals surface area contributed by atoms with Crippen molar-refractivity contribution >= 4 is 5.82 Å². The van der Waals surface area contributed by atoms with E-state index in [-0.39, 0.29) is 0 Å². The first-order valence-electron chi connectivity index (χ1n) is 7.37. The molecule has 0 atom stereocenters. The van der Waals surface area contributed by atoms with Gasteiger partial charge < -0.3 is 15.4 Å². The maximum Gasteiger partial charge on any atom is 0.121 e. The number of benzene rings is 1. The van der Waals surface area contributed by atoms with E-state index in [9.17, 15) is 0 Å². The molecule has 1 aliphatic heterocycles. The van der Waals surface area contributed by atoms with Crippen molar-refractivity contribution in [3.05, 3.63) is 30.3 Å². The lowest BCUT2D eigenvalue weighted by atomic mass is 10.1. The molecule has 0 amide bonds. The molecule has 1 aliphatic rings. The molecule has 1 aromatic carbocycles. The smallest absolute Gasteiger partial charge is 0.121 e. The predicted octanol–water partition coefficient (Wildman–Crippen LogP) is 2.14. The molecule has 1 saturated heterocycles. The molecule has 112 valence electrons. The Morgan fingerprint density at radius 2 is 1.81 bits per heavy atom. The van der Waals surface area contributed by atoms with Gasteiger partial charge in [0.05, 0.1) is 5.69 Å². The van der Waals surface area contributed by atoms with E-state index in [1.807, 2.05) is 37.4 Å². The second-order valence-electron chi connectivity index (χ2n) is 5.72. The van der Waals surface area contributed by atoms with Crippen molar-refractivity contribution in [2.75, 3.05) is 25.9 Å². The van der Waals surface area contributed by atoms with Gasteiger partial charge >= 0.3 is 0 Å². The number of likely N-dealkylation sites (tertiary alicyclic amines) is 1. The van der Waals surface area contributed by atoms with E-state index in [0.717, 1.165) is 42.9 Å². The van der Waals surface area contributed by atoms with Crippen LogP contribution in [-0.2, 0) is 7.05 Å². The quantitative estimate of drug-likeness (QED) is 0.939. The molecule has 21 heavy (non-hydrogen) atoms. The molecule has 3 rings (SSSR count). The third-order valence-corrected chi connectivity index (χ3v) is 4.03. The van der Waals surface area contributed by atoms with Gasteiger partial charge in [-0.25, -0.2) is 0 Å². The lowest BCUT2D eigenvalue weighted by molar-refractivity contribution is 0.114. The second-order valence-corrected chi connectivity index (χ2v) is 5.72. The zero-order valence-corrected chi connectivity index (χ0v) is 12.6. The Labute approximate surface area is 125 Å². The van der Waals surface area contributed by atoms with Gasteiger partial charge in [-0.1, -0.05) is 0 Å². The van der Waals surface area contributed by atoms with Crippen molar-refractivity contribution in [3.63, 3.8) is 0 Å². The standard InChI is InChI=1S/C16H22N4O/c1-19-9-7-14(8-10-19)21-13-5-3-12(4-6-13)15-11-16(17)20(2)18-15/h3-6,11,14H,7-10,17H2,1-2H3. The Morgan fingerprint density at radius 1 is 1.14 bits per heavy atom. The zero-order chi connectivity index (χ0) is 14.8. The molecule has 2 N–H and O–H groups in total. The molecule has 0 bridgehead atoms. The van der Waals surface area contributed by atoms with E-state index in [2.05, 4.69) is 17.0 Å². The maximum atomic E-state index is 6.05. The number of nitrogens with two attached hydrogens (primary N) is 1. The molecule has 0 saturated carbocycles. The molecule has 5 heteroatoms. The summed E-state index contributed by atoms with van der Waals surface area (Å²) < 4.78 is 7.73. The number of hydrogen-bond acceptors (Lipinski definition) is 4. The number of nitrogens with zero attached hydrogens (tertiary/aromatic N) is 3. The summed E-state index contributed by atoms with van der Waals surface area (Å²) in [6.45, 7) is 2.21. The molecule has 0 spiro atoms. The molecule has 5 nitrogen and oxygen atoms in total. The fraction of sp³-hybridized carbons (Fsp3) is 0.438. The molecule has 0 radical (unpaired) electrons. The summed E-state index contributed by atoms with van der Waals surface area (Å²) in [7, 11) is 4.00. The average molecular weight is 286 g/mol. The Balaban J connectivity index is 1.66. The van der Waals surface area contributed by atoms with Crippen LogP contribution in [-0.4, -0.2) is 40.9 Å². The highest BCUT2D eigenvalue weighted by atomic mass is 16.5. The summed E-state index contributed by atoms with van der Waals surface area (Å²) >= 11 is 0. The van der Waals surface area contributed by atoms with Gasteiger partial charge in [0, 0.05) is 31.8 Å². The summed E-state index contributed by atoms with van der Waals surface area (Å²) in [6.07, 6.45) is 2.52. The van der Waals surface area contributed by atoms with Gasteiger partial charge in [-0.05, 0) is 44.2 Å². The van der Waals surface area contributed by atoms with E-state index in [1.54, 1.807) is 4.68 Å². The van der Waals surface area contributed by atoms with Crippen LogP contribution >= 0.6 is 0 Å². The highest BCUT2D eigenvalue weighted by Gasteiger charge is 2.17. The molecular weight excluding hydrogens is 264 g/mol. The number of aryl methyl sites for hydroxylation is 1. The summed E-state index contributed by atoms with van der Waals surface area (Å²) in [5, 5.41) is 4.38. The van der Waals surface area contributed by atoms with Crippen LogP contribution in [0.15, 0.2) is 30.3 Å². The first-order valence-corrected chi connectivity index (χ1v) is 7.37. The van der Waals surface area contributed by atoms with Crippen molar-refractivity contribution in [2.45, 2.75) is 18.9 Å². The van der Waals surface area contributed by atoms with Crippen LogP contribution in [0, 0.1) is 0 Å². The van der Waals surface area contributed by atoms with Crippen molar-refractivity contribution < 1.29 is 4.74 Å². The Kier molecular flexibility index (Phi) is 3.84. The number of nitrogen functional groups attached to an aromatic ring is 1. The molecule has 1 aromatic heterocycles. The highest BCUT2D eigenvalue weighted by molar-refractivity contribution is 5.63. The average Bonchev–Trinajstić information content (AvgIpc) is 2.82. The van der Waals surface area contributed by atoms with E-state index < -0.39 is 0 Å². The van der Waals surface area contributed by atoms with Crippen molar-refractivity contribution in [1.82, 2.24) is 14.7 Å². The summed E-state index contributed by atoms with van der Waals surface area (Å²) in [6, 6.07) is 9.97. The van der Waals surface area contributed by atoms with Crippen LogP contribution < -0.4 is 10.5 Å². The molecular formula is C16H22N4O. The van der Waals surface area contributed by atoms with E-state index in [1.165, 1.54) is 0 Å². The Morgan fingerprint density at radius 3 is 2.38 bits per heavy atom. The van der Waals surface area contributed by atoms with Crippen LogP contribution in [0.25, 0.3) is 11.3 Å². The van der Waals surface area contributed by atoms with Gasteiger partial charge in [0.25, 0.3) is 0 Å². The lowest BCUT2D eigenvalue weighted by Crippen LogP contribution is -2.35. The van der Waals surface area contributed by atoms with E-state index in [0.29, 0.717) is 11.9 Å². The molecule has 2 aromatic rings. The largest absolute Gasteiger partial charge is 0.490 e. The van der Waals surface area contributed by atoms with Crippen LogP contribution in [0.5, 0.6) is 5.75 Å². The molecule has 1 fully saturated rings. The number of hydrogen-bond donors (Lipinski definition) is 1. The molecule has 0 unspecified atom stereocenters. The SMILES string of the molecule is CN1CCC(Oc2ccc(-c3cc(N)n(C)n3)cc2)CC1. The minimum atomic E-state index is 0.331. The first-order chi connectivity index (χ1) is 10.1. The summed E-state index contributed by atoms with van der Waals surface area (Å²) in [4.78, 5) is 2.34. The van der Waals surface area contributed by atoms with Crippen LogP contribution in [0.2, 0.25) is 0 Å². The Hall–Kier alpha value is -2.01. The van der Waals surface area contributed by atoms with Gasteiger partial charge in [-0.2, -0.15) is 5.10 Å². The fourth-order valence-corrected chi connectivity index (χ4v) is 2.62. The van der Waals surface area contributed by atoms with Gasteiger partial charge in [0.2, 0.25) is 0 Å². The Bertz CT molecular complexity index is 578. The van der Waals surface area contributed by atoms with E-state index >= 15 is 0 Å². The summed E-state index contributed by atoms with van der Waals surface area (Å²) in [5.41, 5.74) is 7.76. The first kappa shape index (κ1) is 13.9. The number of anilines is 1. The van der Waals surface area contributed by atoms with Crippen LogP contribution in [0.4, 0.5) is 5.82 Å². The monoisotopic (exact) mass is 286 g/mol. The third-order valence-electron chi connectivity index (χ3n) is 4.03.